The number of amides is 3. The largest absolute Gasteiger partial charge is 0.379 e. The van der Waals surface area contributed by atoms with Crippen molar-refractivity contribution in [2.45, 2.75) is 109 Å². The molecular weight excluding hydrogens is 656 g/mol. The Bertz CT molecular complexity index is 1420. The molecule has 50 heavy (non-hydrogen) atoms. The van der Waals surface area contributed by atoms with Crippen molar-refractivity contribution in [1.29, 1.82) is 0 Å². The van der Waals surface area contributed by atoms with E-state index in [-0.39, 0.29) is 61.3 Å². The molecule has 3 amide bonds. The van der Waals surface area contributed by atoms with Gasteiger partial charge in [0.25, 0.3) is 12.3 Å². The van der Waals surface area contributed by atoms with E-state index in [0.717, 1.165) is 70.3 Å². The molecule has 1 aromatic carbocycles. The first kappa shape index (κ1) is 37.7. The van der Waals surface area contributed by atoms with Crippen LogP contribution in [0.3, 0.4) is 0 Å². The molecule has 10 nitrogen and oxygen atoms in total. The fourth-order valence-electron chi connectivity index (χ4n) is 8.08. The first-order valence-electron chi connectivity index (χ1n) is 18.0. The lowest BCUT2D eigenvalue weighted by Crippen LogP contribution is -2.53. The van der Waals surface area contributed by atoms with Crippen molar-refractivity contribution in [3.8, 4) is 0 Å². The van der Waals surface area contributed by atoms with Crippen LogP contribution in [0.1, 0.15) is 106 Å². The van der Waals surface area contributed by atoms with Gasteiger partial charge in [-0.1, -0.05) is 70.3 Å². The van der Waals surface area contributed by atoms with E-state index in [1.807, 2.05) is 13.8 Å². The second-order valence-corrected chi connectivity index (χ2v) is 14.1. The number of rotatable bonds is 13. The summed E-state index contributed by atoms with van der Waals surface area (Å²) in [6, 6.07) is 3.09. The van der Waals surface area contributed by atoms with E-state index in [1.165, 1.54) is 12.1 Å². The van der Waals surface area contributed by atoms with Crippen LogP contribution >= 0.6 is 0 Å². The molecule has 0 radical (unpaired) electrons. The highest BCUT2D eigenvalue weighted by Gasteiger charge is 2.42. The molecule has 0 bridgehead atoms. The molecule has 1 saturated heterocycles. The summed E-state index contributed by atoms with van der Waals surface area (Å²) in [6.45, 7) is 4.81. The molecule has 276 valence electrons. The van der Waals surface area contributed by atoms with Crippen LogP contribution in [0.2, 0.25) is 0 Å². The van der Waals surface area contributed by atoms with Gasteiger partial charge in [0.1, 0.15) is 23.6 Å². The summed E-state index contributed by atoms with van der Waals surface area (Å²) >= 11 is 0. The minimum absolute atomic E-state index is 0.0901. The third-order valence-corrected chi connectivity index (χ3v) is 10.5. The number of hydrogen-bond acceptors (Lipinski definition) is 6. The number of anilines is 1. The first-order chi connectivity index (χ1) is 24.0. The van der Waals surface area contributed by atoms with E-state index in [4.69, 9.17) is 4.74 Å². The minimum atomic E-state index is -3.43. The van der Waals surface area contributed by atoms with Crippen molar-refractivity contribution in [2.24, 2.45) is 17.8 Å². The van der Waals surface area contributed by atoms with Gasteiger partial charge in [-0.2, -0.15) is 5.10 Å². The van der Waals surface area contributed by atoms with Crippen molar-refractivity contribution in [2.75, 3.05) is 31.6 Å². The Morgan fingerprint density at radius 2 is 1.48 bits per heavy atom. The minimum Gasteiger partial charge on any atom is -0.379 e. The molecule has 2 saturated carbocycles. The quantitative estimate of drug-likeness (QED) is 0.170. The van der Waals surface area contributed by atoms with Crippen LogP contribution in [0.25, 0.3) is 0 Å². The Hall–Kier alpha value is -3.52. The lowest BCUT2D eigenvalue weighted by molar-refractivity contribution is -0.132. The zero-order valence-electron chi connectivity index (χ0n) is 28.9. The predicted molar refractivity (Wildman–Crippen MR) is 180 cm³/mol. The lowest BCUT2D eigenvalue weighted by atomic mass is 9.66. The van der Waals surface area contributed by atoms with Crippen molar-refractivity contribution in [3.63, 3.8) is 0 Å². The monoisotopic (exact) mass is 706 g/mol. The summed E-state index contributed by atoms with van der Waals surface area (Å²) < 4.78 is 62.6. The van der Waals surface area contributed by atoms with Gasteiger partial charge in [0.2, 0.25) is 18.1 Å². The molecule has 3 aliphatic rings. The van der Waals surface area contributed by atoms with Gasteiger partial charge in [0, 0.05) is 25.3 Å². The number of alkyl halides is 3. The van der Waals surface area contributed by atoms with Crippen molar-refractivity contribution >= 4 is 23.4 Å². The second kappa shape index (κ2) is 17.6. The van der Waals surface area contributed by atoms with Crippen LogP contribution in [0.4, 0.5) is 23.2 Å². The third-order valence-electron chi connectivity index (χ3n) is 10.5. The van der Waals surface area contributed by atoms with Crippen LogP contribution in [0.5, 0.6) is 0 Å². The maximum atomic E-state index is 15.9. The molecule has 2 aromatic rings. The molecule has 2 unspecified atom stereocenters. The van der Waals surface area contributed by atoms with Crippen molar-refractivity contribution in [3.05, 3.63) is 47.5 Å². The Kier molecular flexibility index (Phi) is 13.3. The number of nitrogens with one attached hydrogen (secondary N) is 3. The fourth-order valence-corrected chi connectivity index (χ4v) is 8.08. The number of morpholine rings is 1. The Morgan fingerprint density at radius 3 is 2.04 bits per heavy atom. The van der Waals surface area contributed by atoms with Gasteiger partial charge in [-0.25, -0.2) is 17.6 Å². The van der Waals surface area contributed by atoms with Gasteiger partial charge in [0.05, 0.1) is 18.9 Å². The van der Waals surface area contributed by atoms with Gasteiger partial charge in [-0.15, -0.1) is 0 Å². The topological polar surface area (TPSA) is 118 Å². The number of carbonyl (C=O) groups excluding carboxylic acids is 3. The average molecular weight is 707 g/mol. The van der Waals surface area contributed by atoms with E-state index in [1.54, 1.807) is 27.2 Å². The Balaban J connectivity index is 1.44. The summed E-state index contributed by atoms with van der Waals surface area (Å²) in [6.07, 6.45) is 5.46. The highest BCUT2D eigenvalue weighted by Crippen LogP contribution is 2.42. The number of halogens is 4. The average Bonchev–Trinajstić information content (AvgIpc) is 3.62. The third kappa shape index (κ3) is 9.22. The SMILES string of the molecule is CC(C)n1nccc1C(=O)N[C@H](C(=O)Nc1ccc(C(C(=O)NC(F)C(F)F)N2CCOCC2)cc1F)C(C1CCCCC1)C1CCCCC1. The summed E-state index contributed by atoms with van der Waals surface area (Å²) in [5, 5.41) is 11.8. The number of hydrogen-bond donors (Lipinski definition) is 3. The van der Waals surface area contributed by atoms with E-state index in [0.29, 0.717) is 5.69 Å². The zero-order valence-corrected chi connectivity index (χ0v) is 28.9. The molecule has 3 atom stereocenters. The van der Waals surface area contributed by atoms with E-state index < -0.39 is 48.3 Å². The van der Waals surface area contributed by atoms with E-state index in [2.05, 4.69) is 15.7 Å². The molecule has 0 spiro atoms. The summed E-state index contributed by atoms with van der Waals surface area (Å²) in [5.41, 5.74) is 0.276. The molecule has 2 aliphatic carbocycles. The van der Waals surface area contributed by atoms with Crippen molar-refractivity contribution < 1.29 is 36.7 Å². The van der Waals surface area contributed by atoms with Gasteiger partial charge in [-0.3, -0.25) is 24.0 Å². The molecule has 1 aromatic heterocycles. The fraction of sp³-hybridized carbons (Fsp3) is 0.667. The summed E-state index contributed by atoms with van der Waals surface area (Å²) in [5.74, 6) is -2.60. The zero-order chi connectivity index (χ0) is 35.8. The maximum Gasteiger partial charge on any atom is 0.287 e. The second-order valence-electron chi connectivity index (χ2n) is 14.1. The predicted octanol–water partition coefficient (Wildman–Crippen LogP) is 6.17. The van der Waals surface area contributed by atoms with Crippen LogP contribution < -0.4 is 16.0 Å². The van der Waals surface area contributed by atoms with E-state index >= 15 is 4.39 Å². The highest BCUT2D eigenvalue weighted by molar-refractivity contribution is 6.01. The van der Waals surface area contributed by atoms with Crippen LogP contribution in [-0.2, 0) is 14.3 Å². The molecule has 5 rings (SSSR count). The molecule has 3 fully saturated rings. The smallest absolute Gasteiger partial charge is 0.287 e. The first-order valence-corrected chi connectivity index (χ1v) is 18.0. The number of ether oxygens (including phenoxy) is 1. The number of nitrogens with zero attached hydrogens (tertiary/aromatic N) is 3. The number of carbonyl (C=O) groups is 3. The normalized spacial score (nSPS) is 20.1. The van der Waals surface area contributed by atoms with Gasteiger partial charge in [-0.05, 0) is 55.4 Å². The van der Waals surface area contributed by atoms with Gasteiger partial charge < -0.3 is 20.7 Å². The van der Waals surface area contributed by atoms with Crippen molar-refractivity contribution in [1.82, 2.24) is 25.3 Å². The molecule has 2 heterocycles. The van der Waals surface area contributed by atoms with Gasteiger partial charge in [0.15, 0.2) is 0 Å². The maximum absolute atomic E-state index is 15.9. The molecular formula is C36H50F4N6O4. The standard InChI is InChI=1S/C36H50F4N6O4/c1-22(2)46-28(15-16-41-46)34(47)43-30(29(23-9-5-3-6-10-23)24-11-7-4-8-12-24)35(48)42-27-14-13-25(21-26(27)37)31(45-17-19-50-20-18-45)36(49)44-33(40)32(38)39/h13-16,21-24,29-33H,3-12,17-20H2,1-2H3,(H,42,48)(H,43,47)(H,44,49)/t30-,31?,33?/m0/s1. The molecule has 1 aliphatic heterocycles. The van der Waals surface area contributed by atoms with E-state index in [9.17, 15) is 27.6 Å². The molecule has 14 heteroatoms. The highest BCUT2D eigenvalue weighted by atomic mass is 19.3. The number of benzene rings is 1. The van der Waals surface area contributed by atoms with Crippen LogP contribution in [0.15, 0.2) is 30.5 Å². The number of aromatic nitrogens is 2. The summed E-state index contributed by atoms with van der Waals surface area (Å²) in [4.78, 5) is 42.9. The van der Waals surface area contributed by atoms with Crippen LogP contribution in [0, 0.1) is 23.6 Å². The summed E-state index contributed by atoms with van der Waals surface area (Å²) in [7, 11) is 0. The van der Waals surface area contributed by atoms with Gasteiger partial charge >= 0.3 is 0 Å². The van der Waals surface area contributed by atoms with Crippen LogP contribution in [-0.4, -0.2) is 77.5 Å². The Labute approximate surface area is 291 Å². The lowest BCUT2D eigenvalue weighted by Gasteiger charge is -2.42. The molecule has 3 N–H and O–H groups in total. The Morgan fingerprint density at radius 1 is 0.860 bits per heavy atom.